The van der Waals surface area contributed by atoms with Crippen LogP contribution in [0.4, 0.5) is 0 Å². The molecule has 58 heavy (non-hydrogen) atoms. The molecule has 0 unspecified atom stereocenters. The summed E-state index contributed by atoms with van der Waals surface area (Å²) in [6.07, 6.45) is 24.7. The Morgan fingerprint density at radius 2 is 0.414 bits per heavy atom. The van der Waals surface area contributed by atoms with E-state index in [1.807, 2.05) is 0 Å². The molecule has 346 valence electrons. The Balaban J connectivity index is 3.15. The second-order valence-corrected chi connectivity index (χ2v) is 14.5. The zero-order chi connectivity index (χ0) is 41.9. The molecular formula is C45H88O13. The van der Waals surface area contributed by atoms with Crippen molar-refractivity contribution in [3.8, 4) is 0 Å². The van der Waals surface area contributed by atoms with Gasteiger partial charge in [-0.25, -0.2) is 0 Å². The van der Waals surface area contributed by atoms with Gasteiger partial charge < -0.3 is 52.1 Å². The Kier molecular flexibility index (Phi) is 50.5. The lowest BCUT2D eigenvalue weighted by molar-refractivity contribution is -0.146. The topological polar surface area (TPSA) is 136 Å². The van der Waals surface area contributed by atoms with Crippen molar-refractivity contribution in [3.63, 3.8) is 0 Å². The third-order valence-corrected chi connectivity index (χ3v) is 9.18. The summed E-state index contributed by atoms with van der Waals surface area (Å²) in [5.74, 6) is -0.279. The maximum absolute atomic E-state index is 11.9. The van der Waals surface area contributed by atoms with Gasteiger partial charge in [0.2, 0.25) is 0 Å². The minimum absolute atomic E-state index is 0.134. The van der Waals surface area contributed by atoms with Gasteiger partial charge in [0.25, 0.3) is 0 Å². The minimum Gasteiger partial charge on any atom is -0.463 e. The van der Waals surface area contributed by atoms with Crippen molar-refractivity contribution in [2.45, 2.75) is 149 Å². The normalized spacial score (nSPS) is 11.4. The lowest BCUT2D eigenvalue weighted by atomic mass is 10.0. The van der Waals surface area contributed by atoms with Crippen molar-refractivity contribution in [1.82, 2.24) is 0 Å². The van der Waals surface area contributed by atoms with Crippen LogP contribution in [-0.2, 0) is 61.7 Å². The van der Waals surface area contributed by atoms with E-state index in [0.29, 0.717) is 132 Å². The van der Waals surface area contributed by atoms with Crippen LogP contribution in [0.5, 0.6) is 0 Å². The maximum Gasteiger partial charge on any atom is 0.305 e. The van der Waals surface area contributed by atoms with E-state index >= 15 is 0 Å². The predicted molar refractivity (Wildman–Crippen MR) is 228 cm³/mol. The van der Waals surface area contributed by atoms with Crippen molar-refractivity contribution < 1.29 is 61.7 Å². The zero-order valence-electron chi connectivity index (χ0n) is 37.3. The molecule has 0 atom stereocenters. The summed E-state index contributed by atoms with van der Waals surface area (Å²) in [4.78, 5) is 23.6. The summed E-state index contributed by atoms with van der Waals surface area (Å²) < 4.78 is 59.8. The molecule has 0 radical (unpaired) electrons. The highest BCUT2D eigenvalue weighted by molar-refractivity contribution is 5.69. The number of carbonyl (C=O) groups is 2. The molecule has 0 spiro atoms. The van der Waals surface area contributed by atoms with Gasteiger partial charge in [-0.3, -0.25) is 9.59 Å². The van der Waals surface area contributed by atoms with E-state index in [9.17, 15) is 9.59 Å². The summed E-state index contributed by atoms with van der Waals surface area (Å²) in [5.41, 5.74) is 0. The monoisotopic (exact) mass is 837 g/mol. The van der Waals surface area contributed by atoms with E-state index in [1.54, 1.807) is 0 Å². The van der Waals surface area contributed by atoms with Crippen LogP contribution < -0.4 is 0 Å². The maximum atomic E-state index is 11.9. The van der Waals surface area contributed by atoms with Crippen LogP contribution in [-0.4, -0.2) is 144 Å². The molecule has 0 bridgehead atoms. The fourth-order valence-electron chi connectivity index (χ4n) is 5.77. The van der Waals surface area contributed by atoms with Crippen LogP contribution in [0, 0.1) is 0 Å². The van der Waals surface area contributed by atoms with Gasteiger partial charge in [0.1, 0.15) is 13.2 Å². The Bertz CT molecular complexity index is 805. The van der Waals surface area contributed by atoms with Crippen molar-refractivity contribution >= 4 is 11.9 Å². The van der Waals surface area contributed by atoms with Gasteiger partial charge in [-0.05, 0) is 12.8 Å². The average molecular weight is 837 g/mol. The van der Waals surface area contributed by atoms with E-state index in [0.717, 1.165) is 25.7 Å². The molecule has 0 aliphatic rings. The van der Waals surface area contributed by atoms with Crippen LogP contribution in [0.3, 0.4) is 0 Å². The second-order valence-electron chi connectivity index (χ2n) is 14.5. The van der Waals surface area contributed by atoms with Gasteiger partial charge >= 0.3 is 11.9 Å². The third kappa shape index (κ3) is 50.7. The first-order valence-electron chi connectivity index (χ1n) is 23.2. The Hall–Kier alpha value is -1.42. The summed E-state index contributed by atoms with van der Waals surface area (Å²) >= 11 is 0. The molecule has 0 aliphatic heterocycles. The van der Waals surface area contributed by atoms with Crippen LogP contribution in [0.25, 0.3) is 0 Å². The molecule has 13 nitrogen and oxygen atoms in total. The molecule has 0 rings (SSSR count). The smallest absolute Gasteiger partial charge is 0.305 e. The Morgan fingerprint density at radius 3 is 0.621 bits per heavy atom. The molecule has 0 amide bonds. The van der Waals surface area contributed by atoms with Crippen LogP contribution in [0.2, 0.25) is 0 Å². The quantitative estimate of drug-likeness (QED) is 0.0429. The van der Waals surface area contributed by atoms with Crippen LogP contribution >= 0.6 is 0 Å². The second kappa shape index (κ2) is 51.7. The molecule has 0 saturated heterocycles. The Morgan fingerprint density at radius 1 is 0.241 bits per heavy atom. The molecular weight excluding hydrogens is 748 g/mol. The van der Waals surface area contributed by atoms with Gasteiger partial charge in [0, 0.05) is 12.8 Å². The lowest BCUT2D eigenvalue weighted by Gasteiger charge is -2.09. The minimum atomic E-state index is -0.145. The first-order valence-corrected chi connectivity index (χ1v) is 23.2. The number of ether oxygens (including phenoxy) is 11. The predicted octanol–water partition coefficient (Wildman–Crippen LogP) is 8.45. The number of unbranched alkanes of at least 4 members (excludes halogenated alkanes) is 17. The van der Waals surface area contributed by atoms with Crippen molar-refractivity contribution in [3.05, 3.63) is 0 Å². The summed E-state index contributed by atoms with van der Waals surface area (Å²) in [7, 11) is 0. The molecule has 0 heterocycles. The molecule has 0 aliphatic carbocycles. The first-order chi connectivity index (χ1) is 28.7. The van der Waals surface area contributed by atoms with Crippen molar-refractivity contribution in [2.75, 3.05) is 132 Å². The van der Waals surface area contributed by atoms with E-state index < -0.39 is 0 Å². The highest BCUT2D eigenvalue weighted by Gasteiger charge is 2.04. The van der Waals surface area contributed by atoms with Crippen LogP contribution in [0.15, 0.2) is 0 Å². The van der Waals surface area contributed by atoms with Gasteiger partial charge in [0.05, 0.1) is 119 Å². The fourth-order valence-corrected chi connectivity index (χ4v) is 5.77. The molecule has 0 N–H and O–H groups in total. The highest BCUT2D eigenvalue weighted by atomic mass is 16.6. The largest absolute Gasteiger partial charge is 0.463 e. The SMILES string of the molecule is CCCCCCCCCCCCCCCC(=O)OCCOCCOCCOCCOCCOCCOCCOCCOCCOCCOC(=O)CCCCCCCC. The van der Waals surface area contributed by atoms with E-state index in [-0.39, 0.29) is 25.2 Å². The van der Waals surface area contributed by atoms with Crippen molar-refractivity contribution in [1.29, 1.82) is 0 Å². The number of rotatable bonds is 51. The van der Waals surface area contributed by atoms with Gasteiger partial charge in [0.15, 0.2) is 0 Å². The number of esters is 2. The third-order valence-electron chi connectivity index (χ3n) is 9.18. The summed E-state index contributed by atoms with van der Waals surface area (Å²) in [6.45, 7) is 13.5. The number of hydrogen-bond acceptors (Lipinski definition) is 13. The summed E-state index contributed by atoms with van der Waals surface area (Å²) in [5, 5.41) is 0. The van der Waals surface area contributed by atoms with Crippen molar-refractivity contribution in [2.24, 2.45) is 0 Å². The molecule has 0 fully saturated rings. The molecule has 13 heteroatoms. The fraction of sp³-hybridized carbons (Fsp3) is 0.956. The van der Waals surface area contributed by atoms with Crippen LogP contribution in [0.1, 0.15) is 149 Å². The van der Waals surface area contributed by atoms with E-state index in [2.05, 4.69) is 13.8 Å². The molecule has 0 aromatic rings. The number of hydrogen-bond donors (Lipinski definition) is 0. The summed E-state index contributed by atoms with van der Waals surface area (Å²) in [6, 6.07) is 0. The number of carbonyl (C=O) groups excluding carboxylic acids is 2. The standard InChI is InChI=1S/C45H88O13/c1-3-5-7-9-11-12-13-14-15-16-17-19-21-23-45(47)58-43-41-56-39-37-54-35-33-52-31-29-50-27-25-48-24-26-49-28-30-51-32-34-53-36-38-55-40-42-57-44(46)22-20-18-10-8-6-4-2/h3-43H2,1-2H3. The van der Waals surface area contributed by atoms with E-state index in [4.69, 9.17) is 52.1 Å². The molecule has 0 aromatic carbocycles. The lowest BCUT2D eigenvalue weighted by Crippen LogP contribution is -2.15. The highest BCUT2D eigenvalue weighted by Crippen LogP contribution is 2.13. The Labute approximate surface area is 353 Å². The van der Waals surface area contributed by atoms with Gasteiger partial charge in [-0.2, -0.15) is 0 Å². The first kappa shape index (κ1) is 56.6. The van der Waals surface area contributed by atoms with E-state index in [1.165, 1.54) is 96.3 Å². The molecule has 0 aromatic heterocycles. The zero-order valence-corrected chi connectivity index (χ0v) is 37.3. The van der Waals surface area contributed by atoms with Gasteiger partial charge in [-0.1, -0.05) is 123 Å². The van der Waals surface area contributed by atoms with Gasteiger partial charge in [-0.15, -0.1) is 0 Å². The average Bonchev–Trinajstić information content (AvgIpc) is 3.22. The molecule has 0 saturated carbocycles.